The molecule has 24 heavy (non-hydrogen) atoms. The number of benzene rings is 1. The zero-order chi connectivity index (χ0) is 17.5. The zero-order valence-electron chi connectivity index (χ0n) is 15.0. The molecular weight excluding hydrogens is 308 g/mol. The monoisotopic (exact) mass is 336 g/mol. The first kappa shape index (κ1) is 18.4. The summed E-state index contributed by atoms with van der Waals surface area (Å²) in [6.07, 6.45) is 0.897. The summed E-state index contributed by atoms with van der Waals surface area (Å²) in [6, 6.07) is 5.83. The Kier molecular flexibility index (Phi) is 6.73. The molecule has 1 heterocycles. The molecule has 6 nitrogen and oxygen atoms in total. The number of hydrogen-bond acceptors (Lipinski definition) is 4. The molecule has 1 aromatic carbocycles. The number of methoxy groups -OCH3 is 1. The van der Waals surface area contributed by atoms with E-state index in [4.69, 9.17) is 14.2 Å². The summed E-state index contributed by atoms with van der Waals surface area (Å²) in [5.41, 5.74) is 1.10. The van der Waals surface area contributed by atoms with Gasteiger partial charge in [0.1, 0.15) is 0 Å². The molecule has 2 unspecified atom stereocenters. The molecule has 1 N–H and O–H groups in total. The van der Waals surface area contributed by atoms with Gasteiger partial charge in [-0.05, 0) is 44.9 Å². The van der Waals surface area contributed by atoms with Gasteiger partial charge in [0.25, 0.3) is 0 Å². The topological polar surface area (TPSA) is 60.0 Å². The molecule has 1 fully saturated rings. The first-order valence-corrected chi connectivity index (χ1v) is 8.51. The second kappa shape index (κ2) is 8.78. The van der Waals surface area contributed by atoms with Gasteiger partial charge in [0.2, 0.25) is 0 Å². The SMILES string of the molecule is CCOc1ccc(CCNC(=O)N2CC(C)OC(C)C2)cc1OC. The summed E-state index contributed by atoms with van der Waals surface area (Å²) in [7, 11) is 1.63. The maximum Gasteiger partial charge on any atom is 0.317 e. The molecule has 0 aliphatic carbocycles. The first-order chi connectivity index (χ1) is 11.5. The van der Waals surface area contributed by atoms with Crippen LogP contribution in [-0.2, 0) is 11.2 Å². The molecule has 1 aromatic rings. The van der Waals surface area contributed by atoms with Crippen molar-refractivity contribution in [1.29, 1.82) is 0 Å². The molecule has 0 spiro atoms. The number of amides is 2. The lowest BCUT2D eigenvalue weighted by molar-refractivity contribution is -0.0544. The lowest BCUT2D eigenvalue weighted by atomic mass is 10.1. The maximum absolute atomic E-state index is 12.3. The Morgan fingerprint density at radius 3 is 2.62 bits per heavy atom. The second-order valence-corrected chi connectivity index (χ2v) is 6.06. The van der Waals surface area contributed by atoms with Crippen molar-refractivity contribution in [3.05, 3.63) is 23.8 Å². The van der Waals surface area contributed by atoms with E-state index in [0.717, 1.165) is 23.5 Å². The van der Waals surface area contributed by atoms with E-state index in [1.807, 2.05) is 43.9 Å². The van der Waals surface area contributed by atoms with Crippen LogP contribution in [0, 0.1) is 0 Å². The molecule has 0 aromatic heterocycles. The number of carbonyl (C=O) groups excluding carboxylic acids is 1. The third-order valence-electron chi connectivity index (χ3n) is 3.92. The van der Waals surface area contributed by atoms with Gasteiger partial charge >= 0.3 is 6.03 Å². The predicted octanol–water partition coefficient (Wildman–Crippen LogP) is 2.46. The Bertz CT molecular complexity index is 540. The Morgan fingerprint density at radius 2 is 2.00 bits per heavy atom. The fraction of sp³-hybridized carbons (Fsp3) is 0.611. The summed E-state index contributed by atoms with van der Waals surface area (Å²) < 4.78 is 16.5. The standard InChI is InChI=1S/C18H28N2O4/c1-5-23-16-7-6-15(10-17(16)22-4)8-9-19-18(21)20-11-13(2)24-14(3)12-20/h6-7,10,13-14H,5,8-9,11-12H2,1-4H3,(H,19,21). The number of urea groups is 1. The van der Waals surface area contributed by atoms with E-state index in [2.05, 4.69) is 5.32 Å². The Balaban J connectivity index is 1.84. The lowest BCUT2D eigenvalue weighted by Crippen LogP contribution is -2.51. The average Bonchev–Trinajstić information content (AvgIpc) is 2.55. The molecule has 0 bridgehead atoms. The van der Waals surface area contributed by atoms with Crippen LogP contribution in [0.4, 0.5) is 4.79 Å². The van der Waals surface area contributed by atoms with Crippen LogP contribution in [0.25, 0.3) is 0 Å². The van der Waals surface area contributed by atoms with Gasteiger partial charge < -0.3 is 24.4 Å². The molecule has 2 atom stereocenters. The van der Waals surface area contributed by atoms with Crippen molar-refractivity contribution in [2.24, 2.45) is 0 Å². The van der Waals surface area contributed by atoms with Crippen molar-refractivity contribution in [3.63, 3.8) is 0 Å². The molecule has 1 saturated heterocycles. The number of carbonyl (C=O) groups is 1. The summed E-state index contributed by atoms with van der Waals surface area (Å²) in [5, 5.41) is 2.98. The molecule has 1 aliphatic rings. The highest BCUT2D eigenvalue weighted by molar-refractivity contribution is 5.74. The lowest BCUT2D eigenvalue weighted by Gasteiger charge is -2.35. The van der Waals surface area contributed by atoms with Gasteiger partial charge in [-0.1, -0.05) is 6.07 Å². The highest BCUT2D eigenvalue weighted by Gasteiger charge is 2.25. The van der Waals surface area contributed by atoms with Crippen molar-refractivity contribution >= 4 is 6.03 Å². The van der Waals surface area contributed by atoms with E-state index in [1.54, 1.807) is 7.11 Å². The molecule has 0 radical (unpaired) electrons. The smallest absolute Gasteiger partial charge is 0.317 e. The Morgan fingerprint density at radius 1 is 1.29 bits per heavy atom. The fourth-order valence-corrected chi connectivity index (χ4v) is 2.91. The third kappa shape index (κ3) is 5.03. The quantitative estimate of drug-likeness (QED) is 0.867. The van der Waals surface area contributed by atoms with Crippen LogP contribution >= 0.6 is 0 Å². The molecule has 0 saturated carbocycles. The van der Waals surface area contributed by atoms with Crippen LogP contribution in [0.1, 0.15) is 26.3 Å². The molecular formula is C18H28N2O4. The van der Waals surface area contributed by atoms with Crippen molar-refractivity contribution in [2.45, 2.75) is 39.4 Å². The highest BCUT2D eigenvalue weighted by atomic mass is 16.5. The van der Waals surface area contributed by atoms with Crippen molar-refractivity contribution in [2.75, 3.05) is 33.4 Å². The minimum absolute atomic E-state index is 0.0325. The highest BCUT2D eigenvalue weighted by Crippen LogP contribution is 2.28. The summed E-state index contributed by atoms with van der Waals surface area (Å²) >= 11 is 0. The van der Waals surface area contributed by atoms with Crippen LogP contribution in [-0.4, -0.2) is 56.5 Å². The number of hydrogen-bond donors (Lipinski definition) is 1. The van der Waals surface area contributed by atoms with E-state index >= 15 is 0 Å². The number of rotatable bonds is 6. The number of nitrogens with zero attached hydrogens (tertiary/aromatic N) is 1. The first-order valence-electron chi connectivity index (χ1n) is 8.51. The number of ether oxygens (including phenoxy) is 3. The van der Waals surface area contributed by atoms with Gasteiger partial charge in [-0.25, -0.2) is 4.79 Å². The summed E-state index contributed by atoms with van der Waals surface area (Å²) in [5.74, 6) is 1.46. The molecule has 1 aliphatic heterocycles. The zero-order valence-corrected chi connectivity index (χ0v) is 15.0. The van der Waals surface area contributed by atoms with E-state index in [0.29, 0.717) is 26.2 Å². The molecule has 6 heteroatoms. The Labute approximate surface area is 144 Å². The largest absolute Gasteiger partial charge is 0.493 e. The van der Waals surface area contributed by atoms with Crippen molar-refractivity contribution in [3.8, 4) is 11.5 Å². The van der Waals surface area contributed by atoms with Gasteiger partial charge in [-0.3, -0.25) is 0 Å². The maximum atomic E-state index is 12.3. The summed E-state index contributed by atoms with van der Waals surface area (Å²) in [4.78, 5) is 14.1. The van der Waals surface area contributed by atoms with Gasteiger partial charge in [0.15, 0.2) is 11.5 Å². The van der Waals surface area contributed by atoms with Crippen molar-refractivity contribution < 1.29 is 19.0 Å². The normalized spacial score (nSPS) is 20.6. The number of nitrogens with one attached hydrogen (secondary N) is 1. The van der Waals surface area contributed by atoms with E-state index in [1.165, 1.54) is 0 Å². The average molecular weight is 336 g/mol. The van der Waals surface area contributed by atoms with E-state index in [-0.39, 0.29) is 18.2 Å². The summed E-state index contributed by atoms with van der Waals surface area (Å²) in [6.45, 7) is 8.36. The van der Waals surface area contributed by atoms with Gasteiger partial charge in [-0.2, -0.15) is 0 Å². The van der Waals surface area contributed by atoms with E-state index in [9.17, 15) is 4.79 Å². The molecule has 2 amide bonds. The second-order valence-electron chi connectivity index (χ2n) is 6.06. The molecule has 2 rings (SSSR count). The van der Waals surface area contributed by atoms with E-state index < -0.39 is 0 Å². The van der Waals surface area contributed by atoms with Crippen LogP contribution in [0.5, 0.6) is 11.5 Å². The van der Waals surface area contributed by atoms with Crippen LogP contribution < -0.4 is 14.8 Å². The van der Waals surface area contributed by atoms with Crippen LogP contribution in [0.15, 0.2) is 18.2 Å². The van der Waals surface area contributed by atoms with Crippen LogP contribution in [0.3, 0.4) is 0 Å². The molecule has 134 valence electrons. The predicted molar refractivity (Wildman–Crippen MR) is 92.8 cm³/mol. The minimum atomic E-state index is -0.0325. The number of morpholine rings is 1. The van der Waals surface area contributed by atoms with Gasteiger partial charge in [0, 0.05) is 19.6 Å². The fourth-order valence-electron chi connectivity index (χ4n) is 2.91. The van der Waals surface area contributed by atoms with Crippen molar-refractivity contribution in [1.82, 2.24) is 10.2 Å². The Hall–Kier alpha value is -1.95. The third-order valence-corrected chi connectivity index (χ3v) is 3.92. The van der Waals surface area contributed by atoms with Crippen LogP contribution in [0.2, 0.25) is 0 Å². The van der Waals surface area contributed by atoms with Gasteiger partial charge in [0.05, 0.1) is 25.9 Å². The van der Waals surface area contributed by atoms with Gasteiger partial charge in [-0.15, -0.1) is 0 Å². The minimum Gasteiger partial charge on any atom is -0.493 e.